The standard InChI is InChI=1S/C29H48O3/c1-18(2)27(32-20(4)30)12-7-19(3)24-10-11-25-23-9-8-21-17-22(31)13-15-28(21,5)26(23)14-16-29(24,25)6/h19,21-27,31H,1,7-17H2,2-6H3/t19-,21-,22-,23+,24-,25+,26+,27-,28+,29-/m1/s1. The predicted molar refractivity (Wildman–Crippen MR) is 130 cm³/mol. The molecule has 0 aromatic heterocycles. The van der Waals surface area contributed by atoms with Gasteiger partial charge in [-0.15, -0.1) is 0 Å². The van der Waals surface area contributed by atoms with Gasteiger partial charge in [-0.25, -0.2) is 0 Å². The Bertz CT molecular complexity index is 715. The van der Waals surface area contributed by atoms with Crippen molar-refractivity contribution in [3.8, 4) is 0 Å². The molecule has 182 valence electrons. The SMILES string of the molecule is C=C(C)[C@@H](CC[C@@H](C)[C@H]1CC[C@H]2[C@@H]3CC[C@@H]4C[C@H](O)CC[C@]4(C)[C@H]3CC[C@]12C)OC(C)=O. The third-order valence-corrected chi connectivity index (χ3v) is 11.1. The second-order valence-corrected chi connectivity index (χ2v) is 12.8. The molecule has 0 unspecified atom stereocenters. The Morgan fingerprint density at radius 1 is 1.00 bits per heavy atom. The highest BCUT2D eigenvalue weighted by atomic mass is 16.5. The van der Waals surface area contributed by atoms with E-state index in [0.717, 1.165) is 60.8 Å². The number of fused-ring (bicyclic) bond motifs is 5. The van der Waals surface area contributed by atoms with Gasteiger partial charge in [-0.3, -0.25) is 4.79 Å². The van der Waals surface area contributed by atoms with E-state index >= 15 is 0 Å². The summed E-state index contributed by atoms with van der Waals surface area (Å²) >= 11 is 0. The van der Waals surface area contributed by atoms with E-state index in [9.17, 15) is 9.90 Å². The molecule has 4 rings (SSSR count). The van der Waals surface area contributed by atoms with Gasteiger partial charge in [0.25, 0.3) is 0 Å². The van der Waals surface area contributed by atoms with Crippen LogP contribution in [-0.4, -0.2) is 23.3 Å². The lowest BCUT2D eigenvalue weighted by Gasteiger charge is -2.61. The van der Waals surface area contributed by atoms with Crippen LogP contribution < -0.4 is 0 Å². The topological polar surface area (TPSA) is 46.5 Å². The van der Waals surface area contributed by atoms with Crippen molar-refractivity contribution >= 4 is 5.97 Å². The van der Waals surface area contributed by atoms with Crippen LogP contribution in [0.4, 0.5) is 0 Å². The van der Waals surface area contributed by atoms with Crippen molar-refractivity contribution in [1.29, 1.82) is 0 Å². The van der Waals surface area contributed by atoms with Crippen molar-refractivity contribution in [2.75, 3.05) is 0 Å². The average molecular weight is 445 g/mol. The van der Waals surface area contributed by atoms with Crippen LogP contribution in [-0.2, 0) is 9.53 Å². The summed E-state index contributed by atoms with van der Waals surface area (Å²) in [7, 11) is 0. The van der Waals surface area contributed by atoms with Crippen LogP contribution >= 0.6 is 0 Å². The van der Waals surface area contributed by atoms with Gasteiger partial charge >= 0.3 is 5.97 Å². The van der Waals surface area contributed by atoms with E-state index in [-0.39, 0.29) is 18.2 Å². The van der Waals surface area contributed by atoms with Crippen LogP contribution in [0, 0.1) is 46.3 Å². The van der Waals surface area contributed by atoms with Gasteiger partial charge < -0.3 is 9.84 Å². The minimum Gasteiger partial charge on any atom is -0.458 e. The Balaban J connectivity index is 1.43. The summed E-state index contributed by atoms with van der Waals surface area (Å²) in [6, 6.07) is 0. The van der Waals surface area contributed by atoms with Crippen LogP contribution in [0.3, 0.4) is 0 Å². The number of ether oxygens (including phenoxy) is 1. The minimum atomic E-state index is -0.198. The monoisotopic (exact) mass is 444 g/mol. The third-order valence-electron chi connectivity index (χ3n) is 11.1. The summed E-state index contributed by atoms with van der Waals surface area (Å²) in [6.45, 7) is 15.2. The van der Waals surface area contributed by atoms with Crippen LogP contribution in [0.5, 0.6) is 0 Å². The maximum absolute atomic E-state index is 11.5. The molecule has 32 heavy (non-hydrogen) atoms. The molecule has 0 heterocycles. The fourth-order valence-electron chi connectivity index (χ4n) is 9.43. The zero-order chi connectivity index (χ0) is 23.3. The highest BCUT2D eigenvalue weighted by Crippen LogP contribution is 2.68. The van der Waals surface area contributed by atoms with E-state index in [0.29, 0.717) is 16.7 Å². The van der Waals surface area contributed by atoms with Crippen molar-refractivity contribution in [3.05, 3.63) is 12.2 Å². The molecule has 10 atom stereocenters. The quantitative estimate of drug-likeness (QED) is 0.357. The second-order valence-electron chi connectivity index (χ2n) is 12.8. The number of carbonyl (C=O) groups excluding carboxylic acids is 1. The van der Waals surface area contributed by atoms with Crippen molar-refractivity contribution in [3.63, 3.8) is 0 Å². The molecule has 3 heteroatoms. The summed E-state index contributed by atoms with van der Waals surface area (Å²) in [5.74, 6) is 4.64. The molecule has 0 aromatic rings. The van der Waals surface area contributed by atoms with Gasteiger partial charge in [0.2, 0.25) is 0 Å². The van der Waals surface area contributed by atoms with Crippen molar-refractivity contribution in [2.45, 2.75) is 117 Å². The zero-order valence-corrected chi connectivity index (χ0v) is 21.4. The second kappa shape index (κ2) is 9.08. The Labute approximate surface area is 196 Å². The highest BCUT2D eigenvalue weighted by molar-refractivity contribution is 5.66. The lowest BCUT2D eigenvalue weighted by molar-refractivity contribution is -0.145. The van der Waals surface area contributed by atoms with E-state index in [1.165, 1.54) is 51.9 Å². The summed E-state index contributed by atoms with van der Waals surface area (Å²) in [5.41, 5.74) is 1.90. The van der Waals surface area contributed by atoms with Gasteiger partial charge in [-0.1, -0.05) is 27.4 Å². The summed E-state index contributed by atoms with van der Waals surface area (Å²) < 4.78 is 5.54. The Morgan fingerprint density at radius 3 is 2.38 bits per heavy atom. The fraction of sp³-hybridized carbons (Fsp3) is 0.897. The Morgan fingerprint density at radius 2 is 1.69 bits per heavy atom. The molecule has 3 nitrogen and oxygen atoms in total. The Hall–Kier alpha value is -0.830. The van der Waals surface area contributed by atoms with Crippen molar-refractivity contribution < 1.29 is 14.6 Å². The number of hydrogen-bond acceptors (Lipinski definition) is 3. The van der Waals surface area contributed by atoms with Crippen LogP contribution in [0.25, 0.3) is 0 Å². The molecule has 0 radical (unpaired) electrons. The van der Waals surface area contributed by atoms with Crippen LogP contribution in [0.1, 0.15) is 105 Å². The van der Waals surface area contributed by atoms with E-state index in [2.05, 4.69) is 27.4 Å². The summed E-state index contributed by atoms with van der Waals surface area (Å²) in [4.78, 5) is 11.5. The van der Waals surface area contributed by atoms with Crippen molar-refractivity contribution in [2.24, 2.45) is 46.3 Å². The number of esters is 1. The minimum absolute atomic E-state index is 0.0507. The van der Waals surface area contributed by atoms with E-state index < -0.39 is 0 Å². The smallest absolute Gasteiger partial charge is 0.303 e. The first kappa shape index (κ1) is 24.3. The molecular weight excluding hydrogens is 396 g/mol. The molecule has 4 saturated carbocycles. The summed E-state index contributed by atoms with van der Waals surface area (Å²) in [6.07, 6.45) is 13.4. The molecule has 0 amide bonds. The van der Waals surface area contributed by atoms with E-state index in [1.54, 1.807) is 0 Å². The lowest BCUT2D eigenvalue weighted by atomic mass is 9.44. The average Bonchev–Trinajstić information content (AvgIpc) is 3.08. The Kier molecular flexibility index (Phi) is 6.90. The largest absolute Gasteiger partial charge is 0.458 e. The molecular formula is C29H48O3. The van der Waals surface area contributed by atoms with E-state index in [1.807, 2.05) is 6.92 Å². The van der Waals surface area contributed by atoms with E-state index in [4.69, 9.17) is 4.74 Å². The molecule has 4 fully saturated rings. The first-order valence-corrected chi connectivity index (χ1v) is 13.6. The zero-order valence-electron chi connectivity index (χ0n) is 21.4. The van der Waals surface area contributed by atoms with Crippen LogP contribution in [0.15, 0.2) is 12.2 Å². The maximum Gasteiger partial charge on any atom is 0.303 e. The molecule has 4 aliphatic rings. The maximum atomic E-state index is 11.5. The van der Waals surface area contributed by atoms with Crippen molar-refractivity contribution in [1.82, 2.24) is 0 Å². The molecule has 1 N–H and O–H groups in total. The van der Waals surface area contributed by atoms with Gasteiger partial charge in [-0.05, 0) is 129 Å². The van der Waals surface area contributed by atoms with Crippen LogP contribution in [0.2, 0.25) is 0 Å². The first-order valence-electron chi connectivity index (χ1n) is 13.6. The molecule has 0 spiro atoms. The highest BCUT2D eigenvalue weighted by Gasteiger charge is 2.60. The molecule has 4 aliphatic carbocycles. The molecule has 0 aromatic carbocycles. The normalized spacial score (nSPS) is 45.2. The number of aliphatic hydroxyl groups is 1. The lowest BCUT2D eigenvalue weighted by Crippen LogP contribution is -2.54. The third kappa shape index (κ3) is 4.21. The van der Waals surface area contributed by atoms with Gasteiger partial charge in [0.05, 0.1) is 6.10 Å². The number of rotatable bonds is 6. The summed E-state index contributed by atoms with van der Waals surface area (Å²) in [5, 5.41) is 10.3. The van der Waals surface area contributed by atoms with Gasteiger partial charge in [0, 0.05) is 6.92 Å². The number of hydrogen-bond donors (Lipinski definition) is 1. The van der Waals surface area contributed by atoms with Gasteiger partial charge in [0.15, 0.2) is 0 Å². The molecule has 0 bridgehead atoms. The first-order chi connectivity index (χ1) is 15.1. The number of aliphatic hydroxyl groups excluding tert-OH is 1. The predicted octanol–water partition coefficient (Wildman–Crippen LogP) is 6.93. The van der Waals surface area contributed by atoms with Gasteiger partial charge in [0.1, 0.15) is 6.10 Å². The molecule has 0 aliphatic heterocycles. The van der Waals surface area contributed by atoms with Gasteiger partial charge in [-0.2, -0.15) is 0 Å². The molecule has 0 saturated heterocycles. The number of carbonyl (C=O) groups is 1. The fourth-order valence-corrected chi connectivity index (χ4v) is 9.43.